The Labute approximate surface area is 112 Å². The lowest BCUT2D eigenvalue weighted by Crippen LogP contribution is -2.41. The van der Waals surface area contributed by atoms with E-state index < -0.39 is 12.6 Å². The molecule has 0 amide bonds. The number of nitrogens with one attached hydrogen (secondary N) is 1. The minimum Gasteiger partial charge on any atom is -0.381 e. The first-order valence-electron chi connectivity index (χ1n) is 6.98. The summed E-state index contributed by atoms with van der Waals surface area (Å²) in [6.07, 6.45) is -2.80. The van der Waals surface area contributed by atoms with Crippen LogP contribution >= 0.6 is 0 Å². The van der Waals surface area contributed by atoms with Crippen molar-refractivity contribution >= 4 is 0 Å². The molecule has 1 heterocycles. The van der Waals surface area contributed by atoms with E-state index in [-0.39, 0.29) is 19.1 Å². The minimum absolute atomic E-state index is 0.0329. The standard InChI is InChI=1S/C13H24F3NO2/c1-2-6-17-12(11-4-8-19-9-11)10-18-7-3-5-13(14,15)16/h11-12,17H,2-10H2,1H3. The van der Waals surface area contributed by atoms with Gasteiger partial charge in [-0.15, -0.1) is 0 Å². The number of halogens is 3. The van der Waals surface area contributed by atoms with E-state index in [4.69, 9.17) is 9.47 Å². The summed E-state index contributed by atoms with van der Waals surface area (Å²) in [4.78, 5) is 0. The van der Waals surface area contributed by atoms with Crippen LogP contribution in [0.4, 0.5) is 13.2 Å². The third-order valence-corrected chi connectivity index (χ3v) is 3.24. The fourth-order valence-corrected chi connectivity index (χ4v) is 2.15. The molecule has 1 saturated heterocycles. The zero-order valence-corrected chi connectivity index (χ0v) is 11.5. The molecule has 1 N–H and O–H groups in total. The van der Waals surface area contributed by atoms with E-state index in [1.54, 1.807) is 0 Å². The Kier molecular flexibility index (Phi) is 7.71. The van der Waals surface area contributed by atoms with E-state index in [0.29, 0.717) is 19.1 Å². The Morgan fingerprint density at radius 1 is 1.42 bits per heavy atom. The Morgan fingerprint density at radius 2 is 2.21 bits per heavy atom. The molecule has 0 radical (unpaired) electrons. The van der Waals surface area contributed by atoms with E-state index >= 15 is 0 Å². The van der Waals surface area contributed by atoms with Gasteiger partial charge in [-0.3, -0.25) is 0 Å². The summed E-state index contributed by atoms with van der Waals surface area (Å²) in [5.74, 6) is 0.411. The average molecular weight is 283 g/mol. The van der Waals surface area contributed by atoms with Crippen LogP contribution in [-0.4, -0.2) is 45.2 Å². The number of ether oxygens (including phenoxy) is 2. The van der Waals surface area contributed by atoms with Gasteiger partial charge in [-0.05, 0) is 25.8 Å². The van der Waals surface area contributed by atoms with E-state index in [1.807, 2.05) is 0 Å². The highest BCUT2D eigenvalue weighted by Crippen LogP contribution is 2.21. The fourth-order valence-electron chi connectivity index (χ4n) is 2.15. The monoisotopic (exact) mass is 283 g/mol. The van der Waals surface area contributed by atoms with Gasteiger partial charge in [0.15, 0.2) is 0 Å². The average Bonchev–Trinajstić information content (AvgIpc) is 2.85. The van der Waals surface area contributed by atoms with Crippen molar-refractivity contribution in [1.29, 1.82) is 0 Å². The third-order valence-electron chi connectivity index (χ3n) is 3.24. The maximum Gasteiger partial charge on any atom is 0.389 e. The summed E-state index contributed by atoms with van der Waals surface area (Å²) in [6, 6.07) is 0.188. The van der Waals surface area contributed by atoms with Gasteiger partial charge in [0.05, 0.1) is 13.2 Å². The highest BCUT2D eigenvalue weighted by molar-refractivity contribution is 4.79. The number of alkyl halides is 3. The van der Waals surface area contributed by atoms with Crippen LogP contribution in [0.3, 0.4) is 0 Å². The molecule has 0 aromatic heterocycles. The van der Waals surface area contributed by atoms with Gasteiger partial charge in [0.1, 0.15) is 0 Å². The van der Waals surface area contributed by atoms with Gasteiger partial charge < -0.3 is 14.8 Å². The largest absolute Gasteiger partial charge is 0.389 e. The molecule has 1 rings (SSSR count). The molecule has 19 heavy (non-hydrogen) atoms. The molecular formula is C13H24F3NO2. The minimum atomic E-state index is -4.08. The number of hydrogen-bond donors (Lipinski definition) is 1. The highest BCUT2D eigenvalue weighted by atomic mass is 19.4. The molecule has 0 bridgehead atoms. The second kappa shape index (κ2) is 8.76. The Bertz CT molecular complexity index is 230. The maximum absolute atomic E-state index is 12.0. The van der Waals surface area contributed by atoms with Gasteiger partial charge in [-0.25, -0.2) is 0 Å². The molecule has 1 aliphatic rings. The Hall–Kier alpha value is -0.330. The quantitative estimate of drug-likeness (QED) is 0.660. The van der Waals surface area contributed by atoms with Gasteiger partial charge in [0.25, 0.3) is 0 Å². The molecule has 2 atom stereocenters. The topological polar surface area (TPSA) is 30.5 Å². The van der Waals surface area contributed by atoms with Crippen LogP contribution in [0.15, 0.2) is 0 Å². The fraction of sp³-hybridized carbons (Fsp3) is 1.00. The summed E-state index contributed by atoms with van der Waals surface area (Å²) in [5.41, 5.74) is 0. The molecule has 0 spiro atoms. The van der Waals surface area contributed by atoms with Crippen molar-refractivity contribution in [2.24, 2.45) is 5.92 Å². The lowest BCUT2D eigenvalue weighted by molar-refractivity contribution is -0.138. The Balaban J connectivity index is 2.17. The van der Waals surface area contributed by atoms with E-state index in [9.17, 15) is 13.2 Å². The van der Waals surface area contributed by atoms with Gasteiger partial charge in [0.2, 0.25) is 0 Å². The van der Waals surface area contributed by atoms with Crippen molar-refractivity contribution < 1.29 is 22.6 Å². The van der Waals surface area contributed by atoms with Crippen molar-refractivity contribution in [2.75, 3.05) is 33.0 Å². The van der Waals surface area contributed by atoms with Crippen molar-refractivity contribution in [3.8, 4) is 0 Å². The van der Waals surface area contributed by atoms with Crippen LogP contribution in [0.5, 0.6) is 0 Å². The smallest absolute Gasteiger partial charge is 0.381 e. The van der Waals surface area contributed by atoms with E-state index in [2.05, 4.69) is 12.2 Å². The van der Waals surface area contributed by atoms with Gasteiger partial charge >= 0.3 is 6.18 Å². The molecule has 6 heteroatoms. The van der Waals surface area contributed by atoms with Crippen LogP contribution in [0, 0.1) is 5.92 Å². The van der Waals surface area contributed by atoms with Crippen molar-refractivity contribution in [3.63, 3.8) is 0 Å². The predicted molar refractivity (Wildman–Crippen MR) is 67.1 cm³/mol. The predicted octanol–water partition coefficient (Wildman–Crippen LogP) is 2.75. The molecule has 0 aromatic rings. The third kappa shape index (κ3) is 7.74. The van der Waals surface area contributed by atoms with Gasteiger partial charge in [-0.1, -0.05) is 6.92 Å². The van der Waals surface area contributed by atoms with Crippen molar-refractivity contribution in [2.45, 2.75) is 44.8 Å². The summed E-state index contributed by atoms with van der Waals surface area (Å²) in [6.45, 7) is 5.09. The highest BCUT2D eigenvalue weighted by Gasteiger charge is 2.27. The van der Waals surface area contributed by atoms with Gasteiger partial charge in [0, 0.05) is 31.6 Å². The molecule has 114 valence electrons. The van der Waals surface area contributed by atoms with Crippen LogP contribution in [0.25, 0.3) is 0 Å². The summed E-state index contributed by atoms with van der Waals surface area (Å²) >= 11 is 0. The molecule has 0 saturated carbocycles. The zero-order chi connectivity index (χ0) is 14.1. The van der Waals surface area contributed by atoms with E-state index in [1.165, 1.54) is 0 Å². The van der Waals surface area contributed by atoms with Crippen LogP contribution in [-0.2, 0) is 9.47 Å². The van der Waals surface area contributed by atoms with Gasteiger partial charge in [-0.2, -0.15) is 13.2 Å². The van der Waals surface area contributed by atoms with Crippen molar-refractivity contribution in [1.82, 2.24) is 5.32 Å². The second-order valence-electron chi connectivity index (χ2n) is 4.98. The zero-order valence-electron chi connectivity index (χ0n) is 11.5. The van der Waals surface area contributed by atoms with E-state index in [0.717, 1.165) is 26.0 Å². The van der Waals surface area contributed by atoms with Crippen LogP contribution < -0.4 is 5.32 Å². The molecule has 1 fully saturated rings. The molecule has 2 unspecified atom stereocenters. The maximum atomic E-state index is 12.0. The first-order chi connectivity index (χ1) is 9.03. The number of hydrogen-bond acceptors (Lipinski definition) is 3. The van der Waals surface area contributed by atoms with Crippen molar-refractivity contribution in [3.05, 3.63) is 0 Å². The molecule has 0 aromatic carbocycles. The Morgan fingerprint density at radius 3 is 2.79 bits per heavy atom. The normalized spacial score (nSPS) is 21.8. The molecule has 1 aliphatic heterocycles. The first-order valence-corrected chi connectivity index (χ1v) is 6.98. The summed E-state index contributed by atoms with van der Waals surface area (Å²) < 4.78 is 46.6. The molecular weight excluding hydrogens is 259 g/mol. The lowest BCUT2D eigenvalue weighted by Gasteiger charge is -2.23. The SMILES string of the molecule is CCCNC(COCCCC(F)(F)F)C1CCOC1. The van der Waals surface area contributed by atoms with Crippen LogP contribution in [0.1, 0.15) is 32.6 Å². The van der Waals surface area contributed by atoms with Crippen LogP contribution in [0.2, 0.25) is 0 Å². The first kappa shape index (κ1) is 16.7. The number of rotatable bonds is 9. The second-order valence-corrected chi connectivity index (χ2v) is 4.98. The lowest BCUT2D eigenvalue weighted by atomic mass is 9.99. The molecule has 3 nitrogen and oxygen atoms in total. The molecule has 0 aliphatic carbocycles. The summed E-state index contributed by atoms with van der Waals surface area (Å²) in [5, 5.41) is 3.39. The summed E-state index contributed by atoms with van der Waals surface area (Å²) in [7, 11) is 0.